The largest absolute Gasteiger partial charge is 0.508 e. The lowest BCUT2D eigenvalue weighted by molar-refractivity contribution is 0.103. The number of nitrogens with zero attached hydrogens (tertiary/aromatic N) is 3. The molecule has 1 aliphatic rings. The molecule has 0 aliphatic carbocycles. The summed E-state index contributed by atoms with van der Waals surface area (Å²) in [4.78, 5) is 23.9. The molecule has 1 unspecified atom stereocenters. The van der Waals surface area contributed by atoms with E-state index in [4.69, 9.17) is 0 Å². The van der Waals surface area contributed by atoms with Crippen molar-refractivity contribution in [2.75, 3.05) is 24.5 Å². The van der Waals surface area contributed by atoms with Gasteiger partial charge in [-0.05, 0) is 48.9 Å². The van der Waals surface area contributed by atoms with Crippen LogP contribution in [0.3, 0.4) is 0 Å². The summed E-state index contributed by atoms with van der Waals surface area (Å²) in [7, 11) is 0. The van der Waals surface area contributed by atoms with Gasteiger partial charge in [-0.3, -0.25) is 9.78 Å². The number of phenols is 1. The van der Waals surface area contributed by atoms with Gasteiger partial charge < -0.3 is 15.3 Å². The van der Waals surface area contributed by atoms with Crippen LogP contribution in [0.5, 0.6) is 5.75 Å². The maximum absolute atomic E-state index is 12.9. The average Bonchev–Trinajstić information content (AvgIpc) is 2.74. The van der Waals surface area contributed by atoms with Crippen molar-refractivity contribution < 1.29 is 9.90 Å². The topological polar surface area (TPSA) is 78.4 Å². The Kier molecular flexibility index (Phi) is 5.04. The van der Waals surface area contributed by atoms with E-state index >= 15 is 0 Å². The number of piperazine rings is 1. The number of hydrogen-bond acceptors (Lipinski definition) is 6. The number of pyridine rings is 2. The number of ketones is 1. The van der Waals surface area contributed by atoms with E-state index in [0.717, 1.165) is 24.5 Å². The first-order chi connectivity index (χ1) is 13.6. The van der Waals surface area contributed by atoms with E-state index in [9.17, 15) is 9.90 Å². The van der Waals surface area contributed by atoms with E-state index < -0.39 is 0 Å². The van der Waals surface area contributed by atoms with Crippen molar-refractivity contribution >= 4 is 11.6 Å². The number of phenolic OH excluding ortho intramolecular Hbond substituents is 1. The molecule has 0 amide bonds. The van der Waals surface area contributed by atoms with Crippen LogP contribution in [-0.4, -0.2) is 40.5 Å². The maximum Gasteiger partial charge on any atom is 0.213 e. The van der Waals surface area contributed by atoms with Gasteiger partial charge in [-0.15, -0.1) is 0 Å². The zero-order valence-corrected chi connectivity index (χ0v) is 15.7. The molecule has 28 heavy (non-hydrogen) atoms. The second-order valence-electron chi connectivity index (χ2n) is 6.89. The number of nitrogens with one attached hydrogen (secondary N) is 1. The molecule has 1 aliphatic heterocycles. The molecule has 1 aromatic carbocycles. The van der Waals surface area contributed by atoms with Gasteiger partial charge in [-0.1, -0.05) is 18.2 Å². The number of aryl methyl sites for hydroxylation is 1. The summed E-state index contributed by atoms with van der Waals surface area (Å²) in [6.45, 7) is 4.13. The normalized spacial score (nSPS) is 16.8. The molecule has 142 valence electrons. The predicted molar refractivity (Wildman–Crippen MR) is 108 cm³/mol. The summed E-state index contributed by atoms with van der Waals surface area (Å²) >= 11 is 0. The predicted octanol–water partition coefficient (Wildman–Crippen LogP) is 2.87. The molecular weight excluding hydrogens is 352 g/mol. The zero-order valence-electron chi connectivity index (χ0n) is 15.7. The van der Waals surface area contributed by atoms with Crippen molar-refractivity contribution in [2.45, 2.75) is 13.0 Å². The van der Waals surface area contributed by atoms with Gasteiger partial charge in [0.1, 0.15) is 17.3 Å². The minimum Gasteiger partial charge on any atom is -0.508 e. The lowest BCUT2D eigenvalue weighted by Crippen LogP contribution is -2.46. The quantitative estimate of drug-likeness (QED) is 0.684. The van der Waals surface area contributed by atoms with Gasteiger partial charge in [0.05, 0.1) is 6.04 Å². The van der Waals surface area contributed by atoms with Gasteiger partial charge in [0.2, 0.25) is 5.78 Å². The molecule has 2 aromatic heterocycles. The Hall–Kier alpha value is -3.25. The highest BCUT2D eigenvalue weighted by Gasteiger charge is 2.23. The first kappa shape index (κ1) is 18.1. The molecule has 0 saturated carbocycles. The molecule has 1 fully saturated rings. The number of aromatic nitrogens is 2. The number of hydrogen-bond donors (Lipinski definition) is 2. The minimum absolute atomic E-state index is 0.0857. The van der Waals surface area contributed by atoms with E-state index in [1.165, 1.54) is 0 Å². The Labute approximate surface area is 163 Å². The number of rotatable bonds is 4. The minimum atomic E-state index is -0.118. The third kappa shape index (κ3) is 3.73. The molecule has 1 atom stereocenters. The SMILES string of the molecule is Cc1ncccc1C(=O)c1cccc(N2CCNC(c3cccc(O)c3)C2)n1. The lowest BCUT2D eigenvalue weighted by atomic mass is 10.0. The standard InChI is InChI=1S/C22H22N4O2/c1-15-18(7-4-10-23-15)22(28)19-8-3-9-21(25-19)26-12-11-24-20(14-26)16-5-2-6-17(27)13-16/h2-10,13,20,24,27H,11-12,14H2,1H3. The average molecular weight is 374 g/mol. The van der Waals surface area contributed by atoms with Gasteiger partial charge in [-0.2, -0.15) is 0 Å². The van der Waals surface area contributed by atoms with Gasteiger partial charge in [-0.25, -0.2) is 4.98 Å². The van der Waals surface area contributed by atoms with Crippen molar-refractivity contribution in [3.8, 4) is 5.75 Å². The van der Waals surface area contributed by atoms with Gasteiger partial charge in [0.25, 0.3) is 0 Å². The number of carbonyl (C=O) groups excluding carboxylic acids is 1. The van der Waals surface area contributed by atoms with Crippen LogP contribution in [0.2, 0.25) is 0 Å². The third-order valence-electron chi connectivity index (χ3n) is 4.99. The summed E-state index contributed by atoms with van der Waals surface area (Å²) in [6.07, 6.45) is 1.68. The van der Waals surface area contributed by atoms with Crippen LogP contribution < -0.4 is 10.2 Å². The third-order valence-corrected chi connectivity index (χ3v) is 4.99. The molecule has 6 heteroatoms. The highest BCUT2D eigenvalue weighted by molar-refractivity contribution is 6.08. The first-order valence-corrected chi connectivity index (χ1v) is 9.32. The van der Waals surface area contributed by atoms with Crippen LogP contribution in [0.4, 0.5) is 5.82 Å². The lowest BCUT2D eigenvalue weighted by Gasteiger charge is -2.35. The Bertz CT molecular complexity index is 1010. The number of aromatic hydroxyl groups is 1. The summed E-state index contributed by atoms with van der Waals surface area (Å²) in [5.74, 6) is 0.917. The molecule has 0 radical (unpaired) electrons. The molecule has 3 heterocycles. The van der Waals surface area contributed by atoms with Crippen molar-refractivity contribution in [1.29, 1.82) is 0 Å². The van der Waals surface area contributed by atoms with Crippen molar-refractivity contribution in [1.82, 2.24) is 15.3 Å². The fraction of sp³-hybridized carbons (Fsp3) is 0.227. The van der Waals surface area contributed by atoms with Gasteiger partial charge in [0, 0.05) is 37.1 Å². The molecule has 4 rings (SSSR count). The van der Waals surface area contributed by atoms with Crippen LogP contribution in [0.1, 0.15) is 33.4 Å². The summed E-state index contributed by atoms with van der Waals surface area (Å²) < 4.78 is 0. The highest BCUT2D eigenvalue weighted by atomic mass is 16.3. The number of carbonyl (C=O) groups is 1. The Balaban J connectivity index is 1.57. The summed E-state index contributed by atoms with van der Waals surface area (Å²) in [5.41, 5.74) is 2.72. The van der Waals surface area contributed by atoms with E-state index in [-0.39, 0.29) is 17.6 Å². The van der Waals surface area contributed by atoms with Gasteiger partial charge >= 0.3 is 0 Å². The number of anilines is 1. The van der Waals surface area contributed by atoms with Crippen LogP contribution >= 0.6 is 0 Å². The number of benzene rings is 1. The van der Waals surface area contributed by atoms with E-state index in [1.807, 2.05) is 31.2 Å². The van der Waals surface area contributed by atoms with E-state index in [0.29, 0.717) is 23.5 Å². The summed E-state index contributed by atoms with van der Waals surface area (Å²) in [5, 5.41) is 13.2. The fourth-order valence-electron chi connectivity index (χ4n) is 3.51. The maximum atomic E-state index is 12.9. The molecule has 0 spiro atoms. The monoisotopic (exact) mass is 374 g/mol. The zero-order chi connectivity index (χ0) is 19.5. The van der Waals surface area contributed by atoms with Crippen molar-refractivity contribution in [3.05, 3.63) is 83.3 Å². The molecule has 2 N–H and O–H groups in total. The second kappa shape index (κ2) is 7.78. The Morgan fingerprint density at radius 3 is 2.86 bits per heavy atom. The molecule has 0 bridgehead atoms. The van der Waals surface area contributed by atoms with Gasteiger partial charge in [0.15, 0.2) is 0 Å². The molecule has 6 nitrogen and oxygen atoms in total. The fourth-order valence-corrected chi connectivity index (χ4v) is 3.51. The summed E-state index contributed by atoms with van der Waals surface area (Å²) in [6, 6.07) is 16.5. The van der Waals surface area contributed by atoms with Crippen LogP contribution in [0, 0.1) is 6.92 Å². The second-order valence-corrected chi connectivity index (χ2v) is 6.89. The smallest absolute Gasteiger partial charge is 0.213 e. The van der Waals surface area contributed by atoms with Crippen molar-refractivity contribution in [3.63, 3.8) is 0 Å². The van der Waals surface area contributed by atoms with Crippen LogP contribution in [-0.2, 0) is 0 Å². The van der Waals surface area contributed by atoms with E-state index in [2.05, 4.69) is 20.2 Å². The molecule has 3 aromatic rings. The van der Waals surface area contributed by atoms with Crippen LogP contribution in [0.15, 0.2) is 60.8 Å². The Morgan fingerprint density at radius 2 is 2.04 bits per heavy atom. The van der Waals surface area contributed by atoms with Crippen LogP contribution in [0.25, 0.3) is 0 Å². The Morgan fingerprint density at radius 1 is 1.18 bits per heavy atom. The molecular formula is C22H22N4O2. The first-order valence-electron chi connectivity index (χ1n) is 9.32. The van der Waals surface area contributed by atoms with Crippen molar-refractivity contribution in [2.24, 2.45) is 0 Å². The van der Waals surface area contributed by atoms with E-state index in [1.54, 1.807) is 36.5 Å². The molecule has 1 saturated heterocycles. The highest BCUT2D eigenvalue weighted by Crippen LogP contribution is 2.24.